The highest BCUT2D eigenvalue weighted by atomic mass is 32.2. The molecule has 0 unspecified atom stereocenters. The molecule has 1 fully saturated rings. The molecule has 2 N–H and O–H groups in total. The van der Waals surface area contributed by atoms with Crippen LogP contribution in [0.15, 0.2) is 64.9 Å². The summed E-state index contributed by atoms with van der Waals surface area (Å²) in [5.41, 5.74) is 0.970. The monoisotopic (exact) mass is 523 g/mol. The van der Waals surface area contributed by atoms with Crippen molar-refractivity contribution >= 4 is 54.1 Å². The minimum atomic E-state index is -3.36. The van der Waals surface area contributed by atoms with Gasteiger partial charge >= 0.3 is 0 Å². The molecule has 0 bridgehead atoms. The van der Waals surface area contributed by atoms with Gasteiger partial charge in [-0.3, -0.25) is 10.1 Å². The lowest BCUT2D eigenvalue weighted by molar-refractivity contribution is -0.110. The van der Waals surface area contributed by atoms with E-state index in [0.29, 0.717) is 45.5 Å². The molecular weight excluding hydrogens is 502 g/mol. The summed E-state index contributed by atoms with van der Waals surface area (Å²) in [4.78, 5) is 36.4. The highest BCUT2D eigenvalue weighted by molar-refractivity contribution is 7.92. The van der Waals surface area contributed by atoms with Crippen LogP contribution in [-0.2, 0) is 26.1 Å². The predicted octanol–water partition coefficient (Wildman–Crippen LogP) is 3.02. The first-order valence-corrected chi connectivity index (χ1v) is 13.4. The van der Waals surface area contributed by atoms with E-state index in [4.69, 9.17) is 4.84 Å². The lowest BCUT2D eigenvalue weighted by atomic mass is 10.1. The van der Waals surface area contributed by atoms with Gasteiger partial charge in [-0.05, 0) is 43.2 Å². The molecule has 5 rings (SSSR count). The largest absolute Gasteiger partial charge is 0.387 e. The van der Waals surface area contributed by atoms with E-state index >= 15 is 0 Å². The maximum Gasteiger partial charge on any atom is 0.280 e. The van der Waals surface area contributed by atoms with E-state index in [1.54, 1.807) is 37.6 Å². The van der Waals surface area contributed by atoms with Crippen molar-refractivity contribution in [3.63, 3.8) is 0 Å². The van der Waals surface area contributed by atoms with Crippen molar-refractivity contribution in [3.8, 4) is 0 Å². The number of nitrogens with one attached hydrogen (secondary N) is 2. The van der Waals surface area contributed by atoms with E-state index in [1.165, 1.54) is 35.6 Å². The summed E-state index contributed by atoms with van der Waals surface area (Å²) >= 11 is 1.22. The number of sulfone groups is 1. The van der Waals surface area contributed by atoms with Crippen LogP contribution in [-0.4, -0.2) is 52.3 Å². The molecule has 1 amide bonds. The maximum atomic E-state index is 13.2. The van der Waals surface area contributed by atoms with Crippen LogP contribution in [0.5, 0.6) is 0 Å². The van der Waals surface area contributed by atoms with Gasteiger partial charge in [0.05, 0.1) is 10.1 Å². The summed E-state index contributed by atoms with van der Waals surface area (Å²) in [6, 6.07) is 11.3. The Labute approximate surface area is 210 Å². The van der Waals surface area contributed by atoms with E-state index in [2.05, 4.69) is 35.7 Å². The third-order valence-corrected chi connectivity index (χ3v) is 8.49. The van der Waals surface area contributed by atoms with Gasteiger partial charge in [-0.1, -0.05) is 28.6 Å². The molecule has 0 spiro atoms. The fraction of sp³-hybridized carbons (Fsp3) is 0.217. The van der Waals surface area contributed by atoms with Crippen molar-refractivity contribution in [1.29, 1.82) is 0 Å². The molecule has 0 atom stereocenters. The molecule has 0 saturated heterocycles. The number of nitrogens with zero attached hydrogens (tertiary/aromatic N) is 5. The molecule has 3 heterocycles. The first-order chi connectivity index (χ1) is 17.4. The SMILES string of the molecule is CNc1ccc2nc(NC(=O)C(=NOCc3ncccn3)c3ccc(S(=O)(=O)C4CC4)cc3)sc2n1. The van der Waals surface area contributed by atoms with Gasteiger partial charge in [0.1, 0.15) is 16.2 Å². The molecule has 184 valence electrons. The highest BCUT2D eigenvalue weighted by Crippen LogP contribution is 2.33. The summed E-state index contributed by atoms with van der Waals surface area (Å²) in [6.07, 6.45) is 4.48. The van der Waals surface area contributed by atoms with Crippen LogP contribution in [0.4, 0.5) is 10.9 Å². The molecule has 13 heteroatoms. The molecule has 1 saturated carbocycles. The molecule has 1 aliphatic carbocycles. The molecule has 0 radical (unpaired) electrons. The summed E-state index contributed by atoms with van der Waals surface area (Å²) in [5, 5.41) is 9.74. The van der Waals surface area contributed by atoms with E-state index in [9.17, 15) is 13.2 Å². The Morgan fingerprint density at radius 2 is 1.86 bits per heavy atom. The number of benzene rings is 1. The molecule has 36 heavy (non-hydrogen) atoms. The Bertz CT molecular complexity index is 1530. The third-order valence-electron chi connectivity index (χ3n) is 5.34. The number of rotatable bonds is 9. The first-order valence-electron chi connectivity index (χ1n) is 11.0. The van der Waals surface area contributed by atoms with Gasteiger partial charge in [-0.15, -0.1) is 0 Å². The molecular formula is C23H21N7O4S2. The highest BCUT2D eigenvalue weighted by Gasteiger charge is 2.36. The second-order valence-corrected chi connectivity index (χ2v) is 11.1. The summed E-state index contributed by atoms with van der Waals surface area (Å²) in [6.45, 7) is -0.0520. The number of hydrogen-bond donors (Lipinski definition) is 2. The number of fused-ring (bicyclic) bond motifs is 1. The minimum absolute atomic E-state index is 0.0515. The van der Waals surface area contributed by atoms with Gasteiger partial charge in [-0.25, -0.2) is 28.4 Å². The van der Waals surface area contributed by atoms with Crippen molar-refractivity contribution in [1.82, 2.24) is 19.9 Å². The van der Waals surface area contributed by atoms with Crippen LogP contribution >= 0.6 is 11.3 Å². The Morgan fingerprint density at radius 3 is 2.56 bits per heavy atom. The van der Waals surface area contributed by atoms with E-state index in [0.717, 1.165) is 0 Å². The Morgan fingerprint density at radius 1 is 1.11 bits per heavy atom. The fourth-order valence-corrected chi connectivity index (χ4v) is 5.81. The van der Waals surface area contributed by atoms with Gasteiger partial charge in [-0.2, -0.15) is 0 Å². The predicted molar refractivity (Wildman–Crippen MR) is 136 cm³/mol. The van der Waals surface area contributed by atoms with Crippen LogP contribution in [0.2, 0.25) is 0 Å². The lowest BCUT2D eigenvalue weighted by Crippen LogP contribution is -2.24. The number of aromatic nitrogens is 4. The van der Waals surface area contributed by atoms with Gasteiger partial charge < -0.3 is 10.2 Å². The zero-order chi connectivity index (χ0) is 25.1. The van der Waals surface area contributed by atoms with Gasteiger partial charge in [0.25, 0.3) is 5.91 Å². The Hall–Kier alpha value is -3.97. The van der Waals surface area contributed by atoms with Crippen molar-refractivity contribution < 1.29 is 18.0 Å². The Kier molecular flexibility index (Phi) is 6.57. The van der Waals surface area contributed by atoms with Gasteiger partial charge in [0.2, 0.25) is 0 Å². The first kappa shape index (κ1) is 23.8. The second kappa shape index (κ2) is 9.95. The van der Waals surface area contributed by atoms with E-state index in [1.807, 2.05) is 0 Å². The summed E-state index contributed by atoms with van der Waals surface area (Å²) < 4.78 is 25.1. The number of oxime groups is 1. The summed E-state index contributed by atoms with van der Waals surface area (Å²) in [5.74, 6) is 0.503. The maximum absolute atomic E-state index is 13.2. The second-order valence-electron chi connectivity index (χ2n) is 7.89. The van der Waals surface area contributed by atoms with Crippen LogP contribution in [0.3, 0.4) is 0 Å². The molecule has 1 aliphatic rings. The Balaban J connectivity index is 1.41. The zero-order valence-corrected chi connectivity index (χ0v) is 20.7. The summed E-state index contributed by atoms with van der Waals surface area (Å²) in [7, 11) is -1.59. The van der Waals surface area contributed by atoms with Gasteiger partial charge in [0, 0.05) is 25.0 Å². The number of pyridine rings is 1. The molecule has 3 aromatic heterocycles. The van der Waals surface area contributed by atoms with Crippen LogP contribution < -0.4 is 10.6 Å². The smallest absolute Gasteiger partial charge is 0.280 e. The lowest BCUT2D eigenvalue weighted by Gasteiger charge is -2.08. The van der Waals surface area contributed by atoms with Crippen LogP contribution in [0.25, 0.3) is 10.3 Å². The van der Waals surface area contributed by atoms with E-state index < -0.39 is 15.7 Å². The molecule has 0 aliphatic heterocycles. The molecule has 4 aromatic rings. The topological polar surface area (TPSA) is 148 Å². The number of carbonyl (C=O) groups excluding carboxylic acids is 1. The van der Waals surface area contributed by atoms with Gasteiger partial charge in [0.15, 0.2) is 33.1 Å². The number of hydrogen-bond acceptors (Lipinski definition) is 11. The molecule has 1 aromatic carbocycles. The third kappa shape index (κ3) is 5.16. The van der Waals surface area contributed by atoms with Crippen molar-refractivity contribution in [2.45, 2.75) is 29.6 Å². The number of amides is 1. The number of carbonyl (C=O) groups is 1. The fourth-order valence-electron chi connectivity index (χ4n) is 3.32. The standard InChI is InChI=1S/C23H21N7O4S2/c1-24-18-10-9-17-22(28-18)35-23(27-17)29-21(31)20(30-34-13-19-25-11-2-12-26-19)14-3-5-15(6-4-14)36(32,33)16-7-8-16/h2-6,9-12,16H,7-8,13H2,1H3,(H,24,28)(H,27,29,31). The van der Waals surface area contributed by atoms with Crippen molar-refractivity contribution in [2.24, 2.45) is 5.16 Å². The van der Waals surface area contributed by atoms with E-state index in [-0.39, 0.29) is 22.5 Å². The van der Waals surface area contributed by atoms with Crippen LogP contribution in [0, 0.1) is 0 Å². The number of thiazole rings is 1. The van der Waals surface area contributed by atoms with Crippen LogP contribution in [0.1, 0.15) is 24.2 Å². The number of anilines is 2. The normalized spacial score (nSPS) is 14.0. The van der Waals surface area contributed by atoms with Crippen molar-refractivity contribution in [2.75, 3.05) is 17.7 Å². The average Bonchev–Trinajstić information content (AvgIpc) is 3.68. The average molecular weight is 524 g/mol. The molecule has 11 nitrogen and oxygen atoms in total. The van der Waals surface area contributed by atoms with Crippen molar-refractivity contribution in [3.05, 3.63) is 66.2 Å². The zero-order valence-electron chi connectivity index (χ0n) is 19.1. The quantitative estimate of drug-likeness (QED) is 0.249. The minimum Gasteiger partial charge on any atom is -0.387 e.